The molecule has 2 atom stereocenters. The molecule has 0 bridgehead atoms. The fourth-order valence-corrected chi connectivity index (χ4v) is 6.00. The maximum atomic E-state index is 13.1. The van der Waals surface area contributed by atoms with E-state index in [1.54, 1.807) is 24.3 Å². The van der Waals surface area contributed by atoms with Gasteiger partial charge in [-0.1, -0.05) is 19.1 Å². The molecule has 1 aromatic heterocycles. The molecule has 1 fully saturated rings. The first-order valence-corrected chi connectivity index (χ1v) is 13.8. The first-order chi connectivity index (χ1) is 17.2. The molecule has 8 nitrogen and oxygen atoms in total. The lowest BCUT2D eigenvalue weighted by Crippen LogP contribution is -2.41. The lowest BCUT2D eigenvalue weighted by atomic mass is 9.85. The van der Waals surface area contributed by atoms with Gasteiger partial charge in [0.1, 0.15) is 11.6 Å². The van der Waals surface area contributed by atoms with E-state index in [0.29, 0.717) is 42.5 Å². The molecule has 10 heteroatoms. The fraction of sp³-hybridized carbons (Fsp3) is 0.423. The molecule has 0 saturated heterocycles. The number of sulfonamides is 1. The number of amides is 1. The van der Waals surface area contributed by atoms with Crippen LogP contribution in [0.15, 0.2) is 47.4 Å². The van der Waals surface area contributed by atoms with Crippen LogP contribution in [0.25, 0.3) is 11.0 Å². The third kappa shape index (κ3) is 5.82. The summed E-state index contributed by atoms with van der Waals surface area (Å²) in [5.74, 6) is -0.0603. The fourth-order valence-electron chi connectivity index (χ4n) is 4.67. The van der Waals surface area contributed by atoms with E-state index >= 15 is 0 Å². The quantitative estimate of drug-likeness (QED) is 0.313. The number of carbonyl (C=O) groups excluding carboxylic acids is 1. The second-order valence-electron chi connectivity index (χ2n) is 9.43. The summed E-state index contributed by atoms with van der Waals surface area (Å²) in [7, 11) is -3.74. The summed E-state index contributed by atoms with van der Waals surface area (Å²) in [6, 6.07) is 10.4. The highest BCUT2D eigenvalue weighted by Gasteiger charge is 2.30. The molecule has 0 unspecified atom stereocenters. The van der Waals surface area contributed by atoms with Crippen molar-refractivity contribution in [3.05, 3.63) is 59.7 Å². The van der Waals surface area contributed by atoms with Crippen LogP contribution < -0.4 is 10.0 Å². The summed E-state index contributed by atoms with van der Waals surface area (Å²) in [6.07, 6.45) is 4.35. The van der Waals surface area contributed by atoms with Crippen LogP contribution in [0.1, 0.15) is 69.3 Å². The minimum atomic E-state index is -3.74. The number of imidazole rings is 1. The number of aromatic nitrogens is 2. The van der Waals surface area contributed by atoms with E-state index in [1.807, 2.05) is 13.8 Å². The average Bonchev–Trinajstić information content (AvgIpc) is 3.28. The predicted molar refractivity (Wildman–Crippen MR) is 137 cm³/mol. The van der Waals surface area contributed by atoms with E-state index in [2.05, 4.69) is 20.0 Å². The van der Waals surface area contributed by atoms with Crippen molar-refractivity contribution in [2.45, 2.75) is 68.8 Å². The maximum Gasteiger partial charge on any atom is 0.240 e. The maximum absolute atomic E-state index is 13.1. The summed E-state index contributed by atoms with van der Waals surface area (Å²) in [5, 5.41) is 10.5. The molecule has 1 aliphatic rings. The smallest absolute Gasteiger partial charge is 0.240 e. The number of nitrogens with zero attached hydrogens (tertiary/aromatic N) is 1. The normalized spacial score (nSPS) is 20.1. The van der Waals surface area contributed by atoms with Crippen LogP contribution >= 0.6 is 0 Å². The second-order valence-corrected chi connectivity index (χ2v) is 11.1. The zero-order chi connectivity index (χ0) is 25.9. The van der Waals surface area contributed by atoms with Crippen LogP contribution in [-0.2, 0) is 14.8 Å². The van der Waals surface area contributed by atoms with Gasteiger partial charge in [0.2, 0.25) is 15.9 Å². The van der Waals surface area contributed by atoms with Gasteiger partial charge in [-0.25, -0.2) is 22.5 Å². The molecular formula is C26H32FN5O3S. The molecule has 4 N–H and O–H groups in total. The Morgan fingerprint density at radius 2 is 1.89 bits per heavy atom. The van der Waals surface area contributed by atoms with Crippen LogP contribution in [0.3, 0.4) is 0 Å². The lowest BCUT2D eigenvalue weighted by molar-refractivity contribution is -0.126. The number of carbonyl (C=O) groups is 1. The van der Waals surface area contributed by atoms with Gasteiger partial charge in [-0.05, 0) is 74.9 Å². The Morgan fingerprint density at radius 3 is 2.53 bits per heavy atom. The highest BCUT2D eigenvalue weighted by Crippen LogP contribution is 2.28. The predicted octanol–water partition coefficient (Wildman–Crippen LogP) is 4.56. The molecule has 1 amide bonds. The number of H-pyrrole nitrogens is 1. The SMILES string of the molecule is CC[C@@H](C=N)c1nc2ccc(S(=O)(=O)NC3CCC(C(=O)N[C@H](C)c4ccc(F)cc4)CC3)cc2[nH]1. The lowest BCUT2D eigenvalue weighted by Gasteiger charge is -2.29. The van der Waals surface area contributed by atoms with Crippen LogP contribution in [0.4, 0.5) is 4.39 Å². The Bertz CT molecular complexity index is 1330. The Balaban J connectivity index is 1.34. The molecule has 0 radical (unpaired) electrons. The Morgan fingerprint density at radius 1 is 1.19 bits per heavy atom. The van der Waals surface area contributed by atoms with E-state index in [4.69, 9.17) is 5.41 Å². The number of nitrogens with one attached hydrogen (secondary N) is 4. The van der Waals surface area contributed by atoms with E-state index < -0.39 is 10.0 Å². The Labute approximate surface area is 210 Å². The summed E-state index contributed by atoms with van der Waals surface area (Å²) in [6.45, 7) is 3.82. The van der Waals surface area contributed by atoms with Crippen molar-refractivity contribution in [2.24, 2.45) is 5.92 Å². The van der Waals surface area contributed by atoms with E-state index in [0.717, 1.165) is 12.0 Å². The topological polar surface area (TPSA) is 128 Å². The molecule has 1 heterocycles. The van der Waals surface area contributed by atoms with Gasteiger partial charge in [0.05, 0.1) is 27.9 Å². The van der Waals surface area contributed by atoms with Crippen LogP contribution in [0.2, 0.25) is 0 Å². The van der Waals surface area contributed by atoms with Crippen molar-refractivity contribution in [3.8, 4) is 0 Å². The van der Waals surface area contributed by atoms with Crippen molar-refractivity contribution in [3.63, 3.8) is 0 Å². The molecule has 0 aliphatic heterocycles. The third-order valence-electron chi connectivity index (χ3n) is 6.92. The molecule has 192 valence electrons. The number of aromatic amines is 1. The molecular weight excluding hydrogens is 481 g/mol. The van der Waals surface area contributed by atoms with E-state index in [1.165, 1.54) is 24.4 Å². The first-order valence-electron chi connectivity index (χ1n) is 12.3. The number of rotatable bonds is 9. The standard InChI is InChI=1S/C26H32FN5O3S/c1-3-17(15-28)25-30-23-13-12-22(14-24(23)31-25)36(34,35)32-21-10-6-19(7-11-21)26(33)29-16(2)18-4-8-20(27)9-5-18/h4-5,8-9,12-17,19,21,28,32H,3,6-7,10-11H2,1-2H3,(H,29,33)(H,30,31)/t16-,17+,19?,21?/m1/s1. The third-order valence-corrected chi connectivity index (χ3v) is 8.44. The largest absolute Gasteiger partial charge is 0.349 e. The van der Waals surface area contributed by atoms with E-state index in [9.17, 15) is 17.6 Å². The minimum Gasteiger partial charge on any atom is -0.349 e. The summed E-state index contributed by atoms with van der Waals surface area (Å²) in [4.78, 5) is 20.5. The van der Waals surface area contributed by atoms with E-state index in [-0.39, 0.29) is 40.5 Å². The van der Waals surface area contributed by atoms with Gasteiger partial charge in [-0.2, -0.15) is 0 Å². The van der Waals surface area contributed by atoms with Crippen molar-refractivity contribution < 1.29 is 17.6 Å². The van der Waals surface area contributed by atoms with Gasteiger partial charge >= 0.3 is 0 Å². The molecule has 36 heavy (non-hydrogen) atoms. The molecule has 0 spiro atoms. The number of halogens is 1. The number of fused-ring (bicyclic) bond motifs is 1. The molecule has 1 saturated carbocycles. The molecule has 2 aromatic carbocycles. The average molecular weight is 514 g/mol. The van der Waals surface area contributed by atoms with Crippen molar-refractivity contribution in [2.75, 3.05) is 0 Å². The van der Waals surface area contributed by atoms with Crippen LogP contribution in [0, 0.1) is 17.1 Å². The van der Waals surface area contributed by atoms with Crippen LogP contribution in [0.5, 0.6) is 0 Å². The van der Waals surface area contributed by atoms with Gasteiger partial charge < -0.3 is 15.7 Å². The summed E-state index contributed by atoms with van der Waals surface area (Å²) < 4.78 is 42.0. The first kappa shape index (κ1) is 26.0. The summed E-state index contributed by atoms with van der Waals surface area (Å²) in [5.41, 5.74) is 2.10. The highest BCUT2D eigenvalue weighted by atomic mass is 32.2. The number of hydrogen-bond donors (Lipinski definition) is 4. The summed E-state index contributed by atoms with van der Waals surface area (Å²) >= 11 is 0. The zero-order valence-electron chi connectivity index (χ0n) is 20.4. The molecule has 3 aromatic rings. The van der Waals surface area contributed by atoms with Crippen LogP contribution in [-0.4, -0.2) is 36.5 Å². The molecule has 4 rings (SSSR count). The van der Waals surface area contributed by atoms with Crippen molar-refractivity contribution in [1.29, 1.82) is 5.41 Å². The van der Waals surface area contributed by atoms with Gasteiger partial charge in [0, 0.05) is 18.2 Å². The molecule has 1 aliphatic carbocycles. The monoisotopic (exact) mass is 513 g/mol. The van der Waals surface area contributed by atoms with Gasteiger partial charge in [-0.3, -0.25) is 4.79 Å². The number of hydrogen-bond acceptors (Lipinski definition) is 5. The van der Waals surface area contributed by atoms with Gasteiger partial charge in [0.15, 0.2) is 0 Å². The van der Waals surface area contributed by atoms with Crippen molar-refractivity contribution in [1.82, 2.24) is 20.0 Å². The van der Waals surface area contributed by atoms with Gasteiger partial charge in [0.25, 0.3) is 0 Å². The van der Waals surface area contributed by atoms with Gasteiger partial charge in [-0.15, -0.1) is 0 Å². The van der Waals surface area contributed by atoms with Crippen molar-refractivity contribution >= 4 is 33.2 Å². The zero-order valence-corrected chi connectivity index (χ0v) is 21.2. The second kappa shape index (κ2) is 10.9. The number of benzene rings is 2. The Hall–Kier alpha value is -3.11. The minimum absolute atomic E-state index is 0.0658. The Kier molecular flexibility index (Phi) is 7.85. The highest BCUT2D eigenvalue weighted by molar-refractivity contribution is 7.89.